The molecule has 3 heteroatoms. The van der Waals surface area contributed by atoms with Crippen LogP contribution in [0.2, 0.25) is 0 Å². The van der Waals surface area contributed by atoms with Crippen LogP contribution in [0.15, 0.2) is 18.2 Å². The summed E-state index contributed by atoms with van der Waals surface area (Å²) in [4.78, 5) is 5.72. The van der Waals surface area contributed by atoms with Crippen LogP contribution in [0.5, 0.6) is 5.75 Å². The Balaban J connectivity index is 2.54. The lowest BCUT2D eigenvalue weighted by Crippen LogP contribution is -2.12. The number of methoxy groups -OCH3 is 1. The van der Waals surface area contributed by atoms with Crippen LogP contribution in [0.1, 0.15) is 37.0 Å². The lowest BCUT2D eigenvalue weighted by Gasteiger charge is -2.22. The van der Waals surface area contributed by atoms with Gasteiger partial charge in [0.2, 0.25) is 0 Å². The quantitative estimate of drug-likeness (QED) is 0.790. The van der Waals surface area contributed by atoms with Crippen LogP contribution >= 0.6 is 11.3 Å². The van der Waals surface area contributed by atoms with Gasteiger partial charge in [-0.1, -0.05) is 32.9 Å². The highest BCUT2D eigenvalue weighted by Crippen LogP contribution is 2.37. The minimum atomic E-state index is 0.0858. The van der Waals surface area contributed by atoms with Crippen molar-refractivity contribution in [3.63, 3.8) is 0 Å². The molecule has 1 heterocycles. The van der Waals surface area contributed by atoms with E-state index in [2.05, 4.69) is 50.9 Å². The topological polar surface area (TPSA) is 22.1 Å². The summed E-state index contributed by atoms with van der Waals surface area (Å²) in [6.07, 6.45) is 0. The molecule has 2 rings (SSSR count). The summed E-state index contributed by atoms with van der Waals surface area (Å²) < 4.78 is 5.56. The third-order valence-corrected chi connectivity index (χ3v) is 4.30. The zero-order valence-electron chi connectivity index (χ0n) is 12.5. The molecule has 0 aliphatic rings. The molecule has 1 aromatic carbocycles. The molecule has 2 aromatic rings. The average Bonchev–Trinajstić information content (AvgIpc) is 2.66. The fraction of sp³-hybridized carbons (Fsp3) is 0.438. The molecule has 0 unspecified atom stereocenters. The Morgan fingerprint density at radius 3 is 2.32 bits per heavy atom. The Morgan fingerprint density at radius 2 is 1.84 bits per heavy atom. The van der Waals surface area contributed by atoms with Crippen LogP contribution in [0.25, 0.3) is 10.4 Å². The minimum absolute atomic E-state index is 0.0858. The molecular formula is C16H21NOS. The number of thiazole rings is 1. The summed E-state index contributed by atoms with van der Waals surface area (Å²) in [5.41, 5.74) is 3.60. The number of ether oxygens (including phenoxy) is 1. The maximum Gasteiger partial charge on any atom is 0.123 e. The molecule has 0 aliphatic heterocycles. The first kappa shape index (κ1) is 14.1. The van der Waals surface area contributed by atoms with Crippen LogP contribution in [-0.4, -0.2) is 12.1 Å². The molecule has 19 heavy (non-hydrogen) atoms. The van der Waals surface area contributed by atoms with Gasteiger partial charge in [-0.2, -0.15) is 0 Å². The highest BCUT2D eigenvalue weighted by atomic mass is 32.1. The van der Waals surface area contributed by atoms with Crippen molar-refractivity contribution in [3.05, 3.63) is 34.5 Å². The number of rotatable bonds is 2. The third kappa shape index (κ3) is 2.81. The number of nitrogens with zero attached hydrogens (tertiary/aromatic N) is 1. The molecule has 0 amide bonds. The number of aryl methyl sites for hydroxylation is 2. The van der Waals surface area contributed by atoms with Crippen molar-refractivity contribution < 1.29 is 4.74 Å². The van der Waals surface area contributed by atoms with E-state index < -0.39 is 0 Å². The normalized spacial score (nSPS) is 11.7. The van der Waals surface area contributed by atoms with E-state index in [0.29, 0.717) is 0 Å². The summed E-state index contributed by atoms with van der Waals surface area (Å²) in [6.45, 7) is 10.7. The molecule has 1 aromatic heterocycles. The van der Waals surface area contributed by atoms with Crippen LogP contribution in [0, 0.1) is 13.8 Å². The van der Waals surface area contributed by atoms with Gasteiger partial charge < -0.3 is 4.74 Å². The molecule has 102 valence electrons. The third-order valence-electron chi connectivity index (χ3n) is 3.18. The lowest BCUT2D eigenvalue weighted by atomic mass is 9.85. The van der Waals surface area contributed by atoms with Crippen LogP contribution in [0.4, 0.5) is 0 Å². The van der Waals surface area contributed by atoms with Gasteiger partial charge in [-0.15, -0.1) is 11.3 Å². The second-order valence-electron chi connectivity index (χ2n) is 5.81. The lowest BCUT2D eigenvalue weighted by molar-refractivity contribution is 0.398. The SMILES string of the molecule is COc1cc(-c2sc(C)nc2C)ccc1C(C)(C)C. The van der Waals surface area contributed by atoms with Gasteiger partial charge in [-0.05, 0) is 36.5 Å². The van der Waals surface area contributed by atoms with Gasteiger partial charge in [-0.3, -0.25) is 0 Å². The molecule has 0 saturated carbocycles. The minimum Gasteiger partial charge on any atom is -0.496 e. The second-order valence-corrected chi connectivity index (χ2v) is 7.02. The summed E-state index contributed by atoms with van der Waals surface area (Å²) in [5.74, 6) is 0.954. The zero-order valence-corrected chi connectivity index (χ0v) is 13.3. The van der Waals surface area contributed by atoms with Gasteiger partial charge in [0, 0.05) is 0 Å². The molecule has 0 saturated heterocycles. The second kappa shape index (κ2) is 4.97. The van der Waals surface area contributed by atoms with E-state index in [1.54, 1.807) is 18.4 Å². The summed E-state index contributed by atoms with van der Waals surface area (Å²) >= 11 is 1.73. The zero-order chi connectivity index (χ0) is 14.2. The van der Waals surface area contributed by atoms with E-state index in [-0.39, 0.29) is 5.41 Å². The van der Waals surface area contributed by atoms with Gasteiger partial charge in [0.05, 0.1) is 22.7 Å². The predicted molar refractivity (Wildman–Crippen MR) is 82.3 cm³/mol. The van der Waals surface area contributed by atoms with Crippen molar-refractivity contribution in [1.29, 1.82) is 0 Å². The van der Waals surface area contributed by atoms with E-state index in [9.17, 15) is 0 Å². The van der Waals surface area contributed by atoms with Crippen molar-refractivity contribution in [3.8, 4) is 16.2 Å². The molecule has 0 atom stereocenters. The fourth-order valence-corrected chi connectivity index (χ4v) is 3.17. The molecule has 0 spiro atoms. The highest BCUT2D eigenvalue weighted by Gasteiger charge is 2.20. The first-order valence-corrected chi connectivity index (χ1v) is 7.27. The van der Waals surface area contributed by atoms with Crippen LogP contribution in [-0.2, 0) is 5.41 Å². The predicted octanol–water partition coefficient (Wildman–Crippen LogP) is 4.73. The molecular weight excluding hydrogens is 254 g/mol. The maximum absolute atomic E-state index is 5.56. The number of hydrogen-bond donors (Lipinski definition) is 0. The van der Waals surface area contributed by atoms with Gasteiger partial charge in [0.1, 0.15) is 5.75 Å². The number of benzene rings is 1. The van der Waals surface area contributed by atoms with Crippen molar-refractivity contribution in [1.82, 2.24) is 4.98 Å². The molecule has 0 bridgehead atoms. The van der Waals surface area contributed by atoms with E-state index in [1.165, 1.54) is 16.0 Å². The standard InChI is InChI=1S/C16H21NOS/c1-10-15(19-11(2)17-10)12-7-8-13(16(3,4)5)14(9-12)18-6/h7-9H,1-6H3. The Morgan fingerprint density at radius 1 is 1.16 bits per heavy atom. The van der Waals surface area contributed by atoms with Crippen LogP contribution < -0.4 is 4.74 Å². The smallest absolute Gasteiger partial charge is 0.123 e. The Labute approximate surface area is 119 Å². The molecule has 0 radical (unpaired) electrons. The monoisotopic (exact) mass is 275 g/mol. The Hall–Kier alpha value is -1.35. The molecule has 2 nitrogen and oxygen atoms in total. The average molecular weight is 275 g/mol. The van der Waals surface area contributed by atoms with Gasteiger partial charge in [-0.25, -0.2) is 4.98 Å². The van der Waals surface area contributed by atoms with E-state index in [0.717, 1.165) is 16.5 Å². The van der Waals surface area contributed by atoms with Crippen molar-refractivity contribution >= 4 is 11.3 Å². The van der Waals surface area contributed by atoms with E-state index in [4.69, 9.17) is 4.74 Å². The summed E-state index contributed by atoms with van der Waals surface area (Å²) in [5, 5.41) is 1.10. The Kier molecular flexibility index (Phi) is 3.68. The van der Waals surface area contributed by atoms with E-state index in [1.807, 2.05) is 6.92 Å². The van der Waals surface area contributed by atoms with Crippen molar-refractivity contribution in [2.24, 2.45) is 0 Å². The fourth-order valence-electron chi connectivity index (χ4n) is 2.25. The van der Waals surface area contributed by atoms with E-state index >= 15 is 0 Å². The van der Waals surface area contributed by atoms with Gasteiger partial charge in [0.25, 0.3) is 0 Å². The van der Waals surface area contributed by atoms with Crippen LogP contribution in [0.3, 0.4) is 0 Å². The van der Waals surface area contributed by atoms with Gasteiger partial charge >= 0.3 is 0 Å². The maximum atomic E-state index is 5.56. The summed E-state index contributed by atoms with van der Waals surface area (Å²) in [6, 6.07) is 6.46. The number of aromatic nitrogens is 1. The van der Waals surface area contributed by atoms with Gasteiger partial charge in [0.15, 0.2) is 0 Å². The largest absolute Gasteiger partial charge is 0.496 e. The van der Waals surface area contributed by atoms with Crippen molar-refractivity contribution in [2.75, 3.05) is 7.11 Å². The first-order valence-electron chi connectivity index (χ1n) is 6.46. The molecule has 0 N–H and O–H groups in total. The van der Waals surface area contributed by atoms with Crippen molar-refractivity contribution in [2.45, 2.75) is 40.0 Å². The highest BCUT2D eigenvalue weighted by molar-refractivity contribution is 7.15. The Bertz CT molecular complexity index is 593. The number of hydrogen-bond acceptors (Lipinski definition) is 3. The first-order chi connectivity index (χ1) is 8.82. The molecule has 0 aliphatic carbocycles. The molecule has 0 fully saturated rings. The summed E-state index contributed by atoms with van der Waals surface area (Å²) in [7, 11) is 1.74.